The molecule has 31 heavy (non-hydrogen) atoms. The molecule has 0 bridgehead atoms. The van der Waals surface area contributed by atoms with Crippen molar-refractivity contribution in [2.75, 3.05) is 19.7 Å². The number of piperidine rings is 1. The van der Waals surface area contributed by atoms with Crippen LogP contribution in [0.1, 0.15) is 18.9 Å². The number of carbonyl (C=O) groups excluding carboxylic acids is 3. The van der Waals surface area contributed by atoms with Gasteiger partial charge in [-0.2, -0.15) is 5.10 Å². The molecule has 2 aliphatic rings. The van der Waals surface area contributed by atoms with Crippen LogP contribution < -0.4 is 16.5 Å². The number of amides is 3. The van der Waals surface area contributed by atoms with E-state index in [1.165, 1.54) is 4.90 Å². The average Bonchev–Trinajstić information content (AvgIpc) is 3.07. The molecular weight excluding hydrogens is 406 g/mol. The van der Waals surface area contributed by atoms with Crippen LogP contribution >= 0.6 is 0 Å². The fraction of sp³-hybridized carbons (Fsp3) is 0.450. The van der Waals surface area contributed by atoms with Gasteiger partial charge in [-0.05, 0) is 18.9 Å². The molecule has 166 valence electrons. The fourth-order valence-electron chi connectivity index (χ4n) is 3.75. The van der Waals surface area contributed by atoms with Gasteiger partial charge in [-0.15, -0.1) is 0 Å². The first kappa shape index (κ1) is 22.4. The Morgan fingerprint density at radius 3 is 2.65 bits per heavy atom. The van der Waals surface area contributed by atoms with E-state index in [4.69, 9.17) is 10.8 Å². The number of aliphatic carboxylic acids is 1. The first-order valence-electron chi connectivity index (χ1n) is 9.76. The normalized spacial score (nSPS) is 23.1. The first-order valence-corrected chi connectivity index (χ1v) is 9.76. The average molecular weight is 431 g/mol. The van der Waals surface area contributed by atoms with Crippen LogP contribution in [0.25, 0.3) is 0 Å². The molecule has 1 saturated heterocycles. The number of likely N-dealkylation sites (tertiary alicyclic amines) is 1. The zero-order valence-corrected chi connectivity index (χ0v) is 17.0. The van der Waals surface area contributed by atoms with Gasteiger partial charge in [0.2, 0.25) is 5.91 Å². The van der Waals surface area contributed by atoms with Crippen LogP contribution in [0.5, 0.6) is 0 Å². The molecule has 3 unspecified atom stereocenters. The van der Waals surface area contributed by atoms with Gasteiger partial charge in [0.1, 0.15) is 11.5 Å². The number of aliphatic hydroxyl groups is 1. The number of hydrogen-bond acceptors (Lipinski definition) is 7. The number of fused-ring (bicyclic) bond motifs is 1. The first-order chi connectivity index (χ1) is 14.6. The smallest absolute Gasteiger partial charge is 0.333 e. The summed E-state index contributed by atoms with van der Waals surface area (Å²) >= 11 is 0. The molecule has 3 amide bonds. The number of benzene rings is 1. The third-order valence-corrected chi connectivity index (χ3v) is 5.72. The van der Waals surface area contributed by atoms with Crippen LogP contribution in [0.15, 0.2) is 35.4 Å². The Labute approximate surface area is 178 Å². The number of carboxylic acids is 1. The number of hydrogen-bond donors (Lipinski definition) is 5. The summed E-state index contributed by atoms with van der Waals surface area (Å²) < 4.78 is 0. The van der Waals surface area contributed by atoms with Crippen molar-refractivity contribution in [2.45, 2.75) is 31.3 Å². The van der Waals surface area contributed by atoms with E-state index in [0.717, 1.165) is 12.5 Å². The molecule has 1 fully saturated rings. The van der Waals surface area contributed by atoms with E-state index in [2.05, 4.69) is 15.8 Å². The van der Waals surface area contributed by atoms with Crippen molar-refractivity contribution in [2.24, 2.45) is 16.3 Å². The van der Waals surface area contributed by atoms with Crippen molar-refractivity contribution in [1.82, 2.24) is 15.6 Å². The van der Waals surface area contributed by atoms with Crippen molar-refractivity contribution in [3.8, 4) is 0 Å². The van der Waals surface area contributed by atoms with Gasteiger partial charge >= 0.3 is 5.97 Å². The van der Waals surface area contributed by atoms with E-state index in [1.807, 2.05) is 30.3 Å². The Morgan fingerprint density at radius 1 is 1.35 bits per heavy atom. The molecule has 2 aliphatic heterocycles. The topological polar surface area (TPSA) is 174 Å². The van der Waals surface area contributed by atoms with Gasteiger partial charge in [-0.1, -0.05) is 30.3 Å². The third-order valence-electron chi connectivity index (χ3n) is 5.72. The van der Waals surface area contributed by atoms with E-state index in [1.54, 1.807) is 0 Å². The van der Waals surface area contributed by atoms with Crippen LogP contribution in [0.4, 0.5) is 0 Å². The number of carboxylic acid groups (broad SMARTS) is 1. The summed E-state index contributed by atoms with van der Waals surface area (Å²) in [6, 6.07) is 7.92. The Hall–Kier alpha value is -3.31. The molecule has 0 spiro atoms. The van der Waals surface area contributed by atoms with Crippen LogP contribution in [-0.4, -0.2) is 75.8 Å². The highest BCUT2D eigenvalue weighted by Crippen LogP contribution is 2.35. The number of hydrazone groups is 1. The van der Waals surface area contributed by atoms with Crippen molar-refractivity contribution >= 4 is 29.4 Å². The van der Waals surface area contributed by atoms with Crippen LogP contribution in [0.3, 0.4) is 0 Å². The maximum atomic E-state index is 13.0. The standard InChI is InChI=1S/C20H25N5O6/c1-19(21,18(30)31)16(28)22-13(10-26)15(27)25-8-7-14-20(11-25,17(29)24-23-14)9-12-5-3-2-4-6-12/h2-6,13,26H,7-11,21H2,1H3,(H,22,28)(H,24,29)(H,30,31). The van der Waals surface area contributed by atoms with Crippen LogP contribution in [-0.2, 0) is 25.6 Å². The highest BCUT2D eigenvalue weighted by Gasteiger charge is 2.52. The molecule has 11 heteroatoms. The molecule has 0 aromatic heterocycles. The second-order valence-corrected chi connectivity index (χ2v) is 7.97. The summed E-state index contributed by atoms with van der Waals surface area (Å²) in [6.07, 6.45) is 0.672. The lowest BCUT2D eigenvalue weighted by Crippen LogP contribution is -2.63. The molecule has 3 atom stereocenters. The van der Waals surface area contributed by atoms with Crippen molar-refractivity contribution in [3.05, 3.63) is 35.9 Å². The van der Waals surface area contributed by atoms with E-state index in [-0.39, 0.29) is 19.0 Å². The molecule has 0 aliphatic carbocycles. The van der Waals surface area contributed by atoms with Crippen molar-refractivity contribution in [1.29, 1.82) is 0 Å². The third kappa shape index (κ3) is 4.14. The fourth-order valence-corrected chi connectivity index (χ4v) is 3.75. The van der Waals surface area contributed by atoms with Crippen molar-refractivity contribution in [3.63, 3.8) is 0 Å². The van der Waals surface area contributed by atoms with Crippen molar-refractivity contribution < 1.29 is 29.4 Å². The lowest BCUT2D eigenvalue weighted by atomic mass is 9.73. The Bertz CT molecular complexity index is 931. The number of nitrogens with zero attached hydrogens (tertiary/aromatic N) is 2. The van der Waals surface area contributed by atoms with Gasteiger partial charge in [0, 0.05) is 19.5 Å². The second-order valence-electron chi connectivity index (χ2n) is 7.97. The monoisotopic (exact) mass is 431 g/mol. The van der Waals surface area contributed by atoms with E-state index < -0.39 is 41.4 Å². The number of nitrogens with one attached hydrogen (secondary N) is 2. The predicted molar refractivity (Wildman–Crippen MR) is 109 cm³/mol. The minimum atomic E-state index is -2.27. The summed E-state index contributed by atoms with van der Waals surface area (Å²) in [4.78, 5) is 50.6. The van der Waals surface area contributed by atoms with E-state index >= 15 is 0 Å². The maximum Gasteiger partial charge on any atom is 0.333 e. The van der Waals surface area contributed by atoms with Crippen LogP contribution in [0.2, 0.25) is 0 Å². The molecule has 1 aromatic carbocycles. The predicted octanol–water partition coefficient (Wildman–Crippen LogP) is -1.79. The molecule has 11 nitrogen and oxygen atoms in total. The second kappa shape index (κ2) is 8.44. The zero-order valence-electron chi connectivity index (χ0n) is 17.0. The van der Waals surface area contributed by atoms with Crippen LogP contribution in [0, 0.1) is 5.41 Å². The zero-order chi connectivity index (χ0) is 22.8. The minimum Gasteiger partial charge on any atom is -0.479 e. The van der Waals surface area contributed by atoms with Gasteiger partial charge in [-0.3, -0.25) is 14.4 Å². The molecule has 2 heterocycles. The summed E-state index contributed by atoms with van der Waals surface area (Å²) in [5.74, 6) is -3.64. The Kier molecular flexibility index (Phi) is 6.09. The van der Waals surface area contributed by atoms with Gasteiger partial charge in [0.25, 0.3) is 11.8 Å². The molecule has 0 saturated carbocycles. The molecule has 0 radical (unpaired) electrons. The Balaban J connectivity index is 1.80. The van der Waals surface area contributed by atoms with E-state index in [0.29, 0.717) is 18.6 Å². The highest BCUT2D eigenvalue weighted by atomic mass is 16.4. The van der Waals surface area contributed by atoms with Gasteiger partial charge < -0.3 is 26.2 Å². The quantitative estimate of drug-likeness (QED) is 0.317. The summed E-state index contributed by atoms with van der Waals surface area (Å²) in [6.45, 7) is 0.478. The largest absolute Gasteiger partial charge is 0.479 e. The number of nitrogens with two attached hydrogens (primary N) is 1. The number of rotatable bonds is 7. The SMILES string of the molecule is CC(N)(C(=O)O)C(=O)NC(CO)C(=O)N1CCC2=NNC(=O)C2(Cc2ccccc2)C1. The molecule has 3 rings (SSSR count). The lowest BCUT2D eigenvalue weighted by molar-refractivity contribution is -0.150. The highest BCUT2D eigenvalue weighted by molar-refractivity contribution is 6.14. The minimum absolute atomic E-state index is 0.0105. The Morgan fingerprint density at radius 2 is 2.03 bits per heavy atom. The van der Waals surface area contributed by atoms with Gasteiger partial charge in [0.05, 0.1) is 12.3 Å². The molecule has 6 N–H and O–H groups in total. The summed E-state index contributed by atoms with van der Waals surface area (Å²) in [5.41, 5.74) is 6.22. The number of carbonyl (C=O) groups is 4. The summed E-state index contributed by atoms with van der Waals surface area (Å²) in [5, 5.41) is 25.1. The van der Waals surface area contributed by atoms with E-state index in [9.17, 15) is 24.3 Å². The number of aliphatic hydroxyl groups excluding tert-OH is 1. The van der Waals surface area contributed by atoms with Gasteiger partial charge in [0.15, 0.2) is 5.54 Å². The maximum absolute atomic E-state index is 13.0. The molecular formula is C20H25N5O6. The lowest BCUT2D eigenvalue weighted by Gasteiger charge is -2.40. The molecule has 1 aromatic rings. The summed E-state index contributed by atoms with van der Waals surface area (Å²) in [7, 11) is 0. The van der Waals surface area contributed by atoms with Gasteiger partial charge in [-0.25, -0.2) is 10.2 Å².